The van der Waals surface area contributed by atoms with Gasteiger partial charge in [-0.05, 0) is 48.5 Å². The van der Waals surface area contributed by atoms with Crippen molar-refractivity contribution in [2.75, 3.05) is 18.1 Å². The van der Waals surface area contributed by atoms with Gasteiger partial charge in [-0.3, -0.25) is 14.3 Å². The van der Waals surface area contributed by atoms with Gasteiger partial charge in [-0.1, -0.05) is 35.6 Å². The van der Waals surface area contributed by atoms with E-state index in [1.54, 1.807) is 18.2 Å². The molecular formula is C24H21N3O7S3. The molecule has 1 heterocycles. The van der Waals surface area contributed by atoms with Crippen LogP contribution in [0.2, 0.25) is 0 Å². The number of sulfone groups is 1. The highest BCUT2D eigenvalue weighted by atomic mass is 32.2. The number of esters is 1. The monoisotopic (exact) mass is 559 g/mol. The number of nitrogens with one attached hydrogen (secondary N) is 1. The normalized spacial score (nSPS) is 12.4. The number of hydrogen-bond donors (Lipinski definition) is 1. The van der Waals surface area contributed by atoms with Crippen molar-refractivity contribution in [1.29, 1.82) is 0 Å². The Kier molecular flexibility index (Phi) is 7.30. The number of aromatic nitrogens is 1. The second kappa shape index (κ2) is 10.3. The van der Waals surface area contributed by atoms with Gasteiger partial charge in [0.25, 0.3) is 15.9 Å². The van der Waals surface area contributed by atoms with E-state index in [1.807, 2.05) is 0 Å². The lowest BCUT2D eigenvalue weighted by atomic mass is 10.2. The molecule has 0 radical (unpaired) electrons. The van der Waals surface area contributed by atoms with Crippen LogP contribution in [0.4, 0.5) is 5.69 Å². The van der Waals surface area contributed by atoms with Crippen LogP contribution in [0.15, 0.2) is 87.6 Å². The van der Waals surface area contributed by atoms with Crippen molar-refractivity contribution in [1.82, 2.24) is 4.57 Å². The Balaban J connectivity index is 1.74. The number of anilines is 1. The van der Waals surface area contributed by atoms with Crippen molar-refractivity contribution in [3.8, 4) is 0 Å². The fourth-order valence-electron chi connectivity index (χ4n) is 3.40. The molecule has 13 heteroatoms. The Labute approximate surface area is 216 Å². The summed E-state index contributed by atoms with van der Waals surface area (Å²) in [4.78, 5) is 29.5. The maximum atomic E-state index is 13.0. The van der Waals surface area contributed by atoms with Crippen LogP contribution in [-0.2, 0) is 35.9 Å². The summed E-state index contributed by atoms with van der Waals surface area (Å²) < 4.78 is 58.4. The number of sulfonamides is 1. The Hall–Kier alpha value is -3.81. The third-order valence-corrected chi connectivity index (χ3v) is 8.76. The van der Waals surface area contributed by atoms with Crippen LogP contribution in [-0.4, -0.2) is 46.6 Å². The average Bonchev–Trinajstić information content (AvgIpc) is 3.19. The number of methoxy groups -OCH3 is 1. The predicted molar refractivity (Wildman–Crippen MR) is 139 cm³/mol. The van der Waals surface area contributed by atoms with Gasteiger partial charge in [0.2, 0.25) is 0 Å². The van der Waals surface area contributed by atoms with Crippen LogP contribution in [0.1, 0.15) is 10.4 Å². The number of amides is 1. The summed E-state index contributed by atoms with van der Waals surface area (Å²) in [6.07, 6.45) is 1.08. The topological polar surface area (TPSA) is 141 Å². The van der Waals surface area contributed by atoms with E-state index < -0.39 is 31.7 Å². The number of thiazole rings is 1. The molecule has 0 fully saturated rings. The molecule has 4 rings (SSSR count). The van der Waals surface area contributed by atoms with Crippen molar-refractivity contribution in [2.24, 2.45) is 4.99 Å². The Morgan fingerprint density at radius 3 is 2.35 bits per heavy atom. The highest BCUT2D eigenvalue weighted by Gasteiger charge is 2.17. The molecule has 0 aliphatic heterocycles. The largest absolute Gasteiger partial charge is 0.468 e. The number of rotatable bonds is 7. The van der Waals surface area contributed by atoms with Crippen molar-refractivity contribution < 1.29 is 31.2 Å². The van der Waals surface area contributed by atoms with Crippen molar-refractivity contribution in [3.63, 3.8) is 0 Å². The van der Waals surface area contributed by atoms with E-state index in [0.717, 1.165) is 17.6 Å². The van der Waals surface area contributed by atoms with E-state index >= 15 is 0 Å². The number of fused-ring (bicyclic) bond motifs is 1. The minimum atomic E-state index is -3.87. The molecule has 4 aromatic rings. The summed E-state index contributed by atoms with van der Waals surface area (Å²) >= 11 is 1.03. The van der Waals surface area contributed by atoms with Crippen LogP contribution in [0.25, 0.3) is 10.2 Å². The van der Waals surface area contributed by atoms with Crippen molar-refractivity contribution >= 4 is 59.0 Å². The minimum absolute atomic E-state index is 0.0685. The smallest absolute Gasteiger partial charge is 0.325 e. The quantitative estimate of drug-likeness (QED) is 0.343. The Bertz CT molecular complexity index is 1790. The third-order valence-electron chi connectivity index (χ3n) is 5.21. The molecule has 0 atom stereocenters. The Morgan fingerprint density at radius 1 is 0.946 bits per heavy atom. The molecule has 0 saturated heterocycles. The zero-order valence-electron chi connectivity index (χ0n) is 19.6. The zero-order chi connectivity index (χ0) is 26.8. The molecule has 0 aliphatic carbocycles. The standard InChI is InChI=1S/C24H21N3O7S3/c1-34-22(28)15-27-20-12-11-19(36(2,30)31)14-21(20)35-24(27)25-23(29)16-7-6-8-17(13-16)26-37(32,33)18-9-4-3-5-10-18/h3-14,26H,15H2,1-2H3. The van der Waals surface area contributed by atoms with Crippen LogP contribution in [0, 0.1) is 0 Å². The first-order valence-corrected chi connectivity index (χ1v) is 14.8. The molecule has 0 aliphatic rings. The lowest BCUT2D eigenvalue weighted by Gasteiger charge is -2.08. The van der Waals surface area contributed by atoms with Gasteiger partial charge in [0.05, 0.1) is 27.1 Å². The lowest BCUT2D eigenvalue weighted by Crippen LogP contribution is -2.22. The Morgan fingerprint density at radius 2 is 1.68 bits per heavy atom. The SMILES string of the molecule is COC(=O)Cn1c(=NC(=O)c2cccc(NS(=O)(=O)c3ccccc3)c2)sc2cc(S(C)(=O)=O)ccc21. The van der Waals surface area contributed by atoms with E-state index in [2.05, 4.69) is 9.71 Å². The first-order valence-electron chi connectivity index (χ1n) is 10.7. The zero-order valence-corrected chi connectivity index (χ0v) is 22.1. The predicted octanol–water partition coefficient (Wildman–Crippen LogP) is 2.82. The molecule has 192 valence electrons. The highest BCUT2D eigenvalue weighted by molar-refractivity contribution is 7.92. The van der Waals surface area contributed by atoms with Crippen molar-refractivity contribution in [2.45, 2.75) is 16.3 Å². The number of carbonyl (C=O) groups is 2. The van der Waals surface area contributed by atoms with Gasteiger partial charge in [-0.15, -0.1) is 0 Å². The van der Waals surface area contributed by atoms with Crippen LogP contribution < -0.4 is 9.52 Å². The fourth-order valence-corrected chi connectivity index (χ4v) is 6.26. The van der Waals surface area contributed by atoms with Crippen LogP contribution in [0.3, 0.4) is 0 Å². The van der Waals surface area contributed by atoms with Crippen LogP contribution >= 0.6 is 11.3 Å². The lowest BCUT2D eigenvalue weighted by molar-refractivity contribution is -0.141. The van der Waals surface area contributed by atoms with Gasteiger partial charge in [-0.25, -0.2) is 16.8 Å². The maximum absolute atomic E-state index is 13.0. The third kappa shape index (κ3) is 5.96. The maximum Gasteiger partial charge on any atom is 0.325 e. The summed E-state index contributed by atoms with van der Waals surface area (Å²) in [6, 6.07) is 18.0. The molecule has 10 nitrogen and oxygen atoms in total. The highest BCUT2D eigenvalue weighted by Crippen LogP contribution is 2.23. The molecule has 1 N–H and O–H groups in total. The van der Waals surface area contributed by atoms with E-state index in [4.69, 9.17) is 4.74 Å². The molecule has 0 unspecified atom stereocenters. The van der Waals surface area contributed by atoms with Gasteiger partial charge in [0, 0.05) is 17.5 Å². The summed E-state index contributed by atoms with van der Waals surface area (Å²) in [7, 11) is -6.12. The second-order valence-electron chi connectivity index (χ2n) is 7.86. The number of nitrogens with zero attached hydrogens (tertiary/aromatic N) is 2. The fraction of sp³-hybridized carbons (Fsp3) is 0.125. The summed E-state index contributed by atoms with van der Waals surface area (Å²) in [5.74, 6) is -1.27. The molecule has 37 heavy (non-hydrogen) atoms. The summed E-state index contributed by atoms with van der Waals surface area (Å²) in [5, 5.41) is 0. The molecule has 0 bridgehead atoms. The number of benzene rings is 3. The average molecular weight is 560 g/mol. The molecule has 3 aromatic carbocycles. The first kappa shape index (κ1) is 26.3. The van der Waals surface area contributed by atoms with Gasteiger partial charge in [-0.2, -0.15) is 4.99 Å². The molecule has 1 aromatic heterocycles. The van der Waals surface area contributed by atoms with E-state index in [9.17, 15) is 26.4 Å². The van der Waals surface area contributed by atoms with Gasteiger partial charge >= 0.3 is 5.97 Å². The van der Waals surface area contributed by atoms with E-state index in [1.165, 1.54) is 66.3 Å². The number of carbonyl (C=O) groups excluding carboxylic acids is 2. The molecule has 0 spiro atoms. The molecule has 1 amide bonds. The van der Waals surface area contributed by atoms with E-state index in [0.29, 0.717) is 10.2 Å². The van der Waals surface area contributed by atoms with E-state index in [-0.39, 0.29) is 32.4 Å². The van der Waals surface area contributed by atoms with Gasteiger partial charge in [0.15, 0.2) is 14.6 Å². The summed E-state index contributed by atoms with van der Waals surface area (Å²) in [5.41, 5.74) is 0.771. The summed E-state index contributed by atoms with van der Waals surface area (Å²) in [6.45, 7) is -0.252. The molecule has 0 saturated carbocycles. The minimum Gasteiger partial charge on any atom is -0.468 e. The first-order chi connectivity index (χ1) is 17.5. The van der Waals surface area contributed by atoms with Crippen LogP contribution in [0.5, 0.6) is 0 Å². The second-order valence-corrected chi connectivity index (χ2v) is 12.6. The number of ether oxygens (including phenoxy) is 1. The van der Waals surface area contributed by atoms with Gasteiger partial charge in [0.1, 0.15) is 6.54 Å². The van der Waals surface area contributed by atoms with Crippen molar-refractivity contribution in [3.05, 3.63) is 83.2 Å². The number of hydrogen-bond acceptors (Lipinski definition) is 8. The molecular weight excluding hydrogens is 538 g/mol. The van der Waals surface area contributed by atoms with Gasteiger partial charge < -0.3 is 9.30 Å².